The van der Waals surface area contributed by atoms with Crippen molar-refractivity contribution in [3.8, 4) is 5.69 Å². The maximum absolute atomic E-state index is 12.1. The number of rotatable bonds is 3. The predicted molar refractivity (Wildman–Crippen MR) is 81.4 cm³/mol. The molecule has 0 radical (unpaired) electrons. The summed E-state index contributed by atoms with van der Waals surface area (Å²) in [7, 11) is 0. The third-order valence-corrected chi connectivity index (χ3v) is 3.22. The van der Waals surface area contributed by atoms with Crippen LogP contribution in [-0.2, 0) is 4.74 Å². The molecule has 0 unspecified atom stereocenters. The number of ether oxygens (including phenoxy) is 1. The number of carbonyl (C=O) groups is 1. The van der Waals surface area contributed by atoms with Gasteiger partial charge in [0.1, 0.15) is 0 Å². The Hall–Kier alpha value is -2.82. The van der Waals surface area contributed by atoms with Crippen LogP contribution in [0.1, 0.15) is 17.3 Å². The molecule has 0 saturated heterocycles. The molecule has 106 valence electrons. The van der Waals surface area contributed by atoms with E-state index in [1.165, 1.54) is 0 Å². The molecular weight excluding hydrogens is 266 g/mol. The zero-order valence-electron chi connectivity index (χ0n) is 11.6. The van der Waals surface area contributed by atoms with Crippen LogP contribution < -0.4 is 5.73 Å². The molecule has 5 heteroatoms. The van der Waals surface area contributed by atoms with Crippen LogP contribution >= 0.6 is 0 Å². The van der Waals surface area contributed by atoms with Gasteiger partial charge in [-0.2, -0.15) is 5.10 Å². The van der Waals surface area contributed by atoms with E-state index in [1.807, 2.05) is 24.3 Å². The van der Waals surface area contributed by atoms with Gasteiger partial charge < -0.3 is 10.5 Å². The number of esters is 1. The number of nitrogens with two attached hydrogens (primary N) is 1. The summed E-state index contributed by atoms with van der Waals surface area (Å²) in [6.07, 6.45) is 1.76. The molecule has 0 saturated carbocycles. The zero-order valence-corrected chi connectivity index (χ0v) is 11.6. The van der Waals surface area contributed by atoms with E-state index in [0.717, 1.165) is 10.9 Å². The highest BCUT2D eigenvalue weighted by atomic mass is 16.5. The van der Waals surface area contributed by atoms with Crippen molar-refractivity contribution in [3.05, 3.63) is 54.2 Å². The first-order valence-electron chi connectivity index (χ1n) is 6.70. The van der Waals surface area contributed by atoms with E-state index < -0.39 is 5.97 Å². The van der Waals surface area contributed by atoms with Crippen molar-refractivity contribution in [2.24, 2.45) is 0 Å². The van der Waals surface area contributed by atoms with Gasteiger partial charge in [0.15, 0.2) is 0 Å². The summed E-state index contributed by atoms with van der Waals surface area (Å²) in [5, 5.41) is 5.37. The minimum Gasteiger partial charge on any atom is -0.462 e. The number of nitrogen functional groups attached to an aromatic ring is 1. The van der Waals surface area contributed by atoms with Gasteiger partial charge in [-0.25, -0.2) is 9.48 Å². The standard InChI is InChI=1S/C16H15N3O2/c1-2-21-16(20)13-9-12(17)7-8-15(13)19-14-6-4-3-5-11(14)10-18-19/h3-10H,2,17H2,1H3. The second-order valence-corrected chi connectivity index (χ2v) is 4.61. The molecule has 1 heterocycles. The molecule has 3 aromatic rings. The third kappa shape index (κ3) is 2.33. The van der Waals surface area contributed by atoms with Crippen molar-refractivity contribution in [2.75, 3.05) is 12.3 Å². The highest BCUT2D eigenvalue weighted by Gasteiger charge is 2.16. The molecule has 0 spiro atoms. The molecule has 2 aromatic carbocycles. The molecule has 0 amide bonds. The van der Waals surface area contributed by atoms with Gasteiger partial charge in [-0.1, -0.05) is 18.2 Å². The van der Waals surface area contributed by atoms with Crippen LogP contribution in [0.2, 0.25) is 0 Å². The molecule has 3 rings (SSSR count). The molecule has 0 atom stereocenters. The number of nitrogens with zero attached hydrogens (tertiary/aromatic N) is 2. The molecule has 21 heavy (non-hydrogen) atoms. The van der Waals surface area contributed by atoms with Crippen LogP contribution in [0.4, 0.5) is 5.69 Å². The van der Waals surface area contributed by atoms with Crippen molar-refractivity contribution in [3.63, 3.8) is 0 Å². The Labute approximate surface area is 121 Å². The molecule has 0 fully saturated rings. The van der Waals surface area contributed by atoms with Gasteiger partial charge in [-0.05, 0) is 31.2 Å². The maximum Gasteiger partial charge on any atom is 0.340 e. The van der Waals surface area contributed by atoms with Crippen LogP contribution in [0, 0.1) is 0 Å². The SMILES string of the molecule is CCOC(=O)c1cc(N)ccc1-n1ncc2ccccc21. The average Bonchev–Trinajstić information content (AvgIpc) is 2.91. The highest BCUT2D eigenvalue weighted by Crippen LogP contribution is 2.23. The fourth-order valence-corrected chi connectivity index (χ4v) is 2.27. The van der Waals surface area contributed by atoms with Gasteiger partial charge in [0.05, 0.1) is 29.6 Å². The molecule has 0 aliphatic heterocycles. The Kier molecular flexibility index (Phi) is 3.31. The Morgan fingerprint density at radius 2 is 2.10 bits per heavy atom. The minimum atomic E-state index is -0.403. The van der Waals surface area contributed by atoms with E-state index in [-0.39, 0.29) is 0 Å². The topological polar surface area (TPSA) is 70.1 Å². The van der Waals surface area contributed by atoms with E-state index in [1.54, 1.807) is 36.0 Å². The van der Waals surface area contributed by atoms with Gasteiger partial charge in [0.2, 0.25) is 0 Å². The largest absolute Gasteiger partial charge is 0.462 e. The van der Waals surface area contributed by atoms with E-state index in [2.05, 4.69) is 5.10 Å². The van der Waals surface area contributed by atoms with Crippen LogP contribution in [-0.4, -0.2) is 22.4 Å². The van der Waals surface area contributed by atoms with Gasteiger partial charge in [0, 0.05) is 11.1 Å². The van der Waals surface area contributed by atoms with Crippen molar-refractivity contribution < 1.29 is 9.53 Å². The number of benzene rings is 2. The predicted octanol–water partition coefficient (Wildman–Crippen LogP) is 2.78. The summed E-state index contributed by atoms with van der Waals surface area (Å²) in [6, 6.07) is 12.9. The first-order valence-corrected chi connectivity index (χ1v) is 6.70. The number of anilines is 1. The minimum absolute atomic E-state index is 0.312. The number of hydrogen-bond donors (Lipinski definition) is 1. The third-order valence-electron chi connectivity index (χ3n) is 3.22. The Morgan fingerprint density at radius 3 is 2.90 bits per heavy atom. The summed E-state index contributed by atoms with van der Waals surface area (Å²) in [5.74, 6) is -0.403. The second kappa shape index (κ2) is 5.28. The van der Waals surface area contributed by atoms with E-state index >= 15 is 0 Å². The van der Waals surface area contributed by atoms with Crippen molar-refractivity contribution >= 4 is 22.6 Å². The average molecular weight is 281 g/mol. The number of carbonyl (C=O) groups excluding carboxylic acids is 1. The monoisotopic (exact) mass is 281 g/mol. The summed E-state index contributed by atoms with van der Waals surface area (Å²) in [6.45, 7) is 2.08. The Morgan fingerprint density at radius 1 is 1.29 bits per heavy atom. The van der Waals surface area contributed by atoms with E-state index in [4.69, 9.17) is 10.5 Å². The molecule has 1 aromatic heterocycles. The second-order valence-electron chi connectivity index (χ2n) is 4.61. The lowest BCUT2D eigenvalue weighted by molar-refractivity contribution is 0.0526. The quantitative estimate of drug-likeness (QED) is 0.592. The summed E-state index contributed by atoms with van der Waals surface area (Å²) < 4.78 is 6.82. The lowest BCUT2D eigenvalue weighted by Crippen LogP contribution is -2.11. The first kappa shape index (κ1) is 13.2. The van der Waals surface area contributed by atoms with Crippen LogP contribution in [0.25, 0.3) is 16.6 Å². The summed E-state index contributed by atoms with van der Waals surface area (Å²) in [5.41, 5.74) is 8.29. The van der Waals surface area contributed by atoms with Crippen molar-refractivity contribution in [2.45, 2.75) is 6.92 Å². The summed E-state index contributed by atoms with van der Waals surface area (Å²) >= 11 is 0. The van der Waals surface area contributed by atoms with Gasteiger partial charge in [-0.15, -0.1) is 0 Å². The molecule has 5 nitrogen and oxygen atoms in total. The lowest BCUT2D eigenvalue weighted by atomic mass is 10.1. The van der Waals surface area contributed by atoms with E-state index in [9.17, 15) is 4.79 Å². The smallest absolute Gasteiger partial charge is 0.340 e. The molecule has 0 aliphatic carbocycles. The van der Waals surface area contributed by atoms with Crippen LogP contribution in [0.5, 0.6) is 0 Å². The highest BCUT2D eigenvalue weighted by molar-refractivity contribution is 5.95. The zero-order chi connectivity index (χ0) is 14.8. The normalized spacial score (nSPS) is 10.7. The summed E-state index contributed by atoms with van der Waals surface area (Å²) in [4.78, 5) is 12.1. The Balaban J connectivity index is 2.20. The fraction of sp³-hybridized carbons (Fsp3) is 0.125. The van der Waals surface area contributed by atoms with Crippen molar-refractivity contribution in [1.29, 1.82) is 0 Å². The number of aromatic nitrogens is 2. The maximum atomic E-state index is 12.1. The lowest BCUT2D eigenvalue weighted by Gasteiger charge is -2.10. The molecule has 0 bridgehead atoms. The van der Waals surface area contributed by atoms with Gasteiger partial charge in [0.25, 0.3) is 0 Å². The van der Waals surface area contributed by atoms with Gasteiger partial charge in [-0.3, -0.25) is 0 Å². The van der Waals surface area contributed by atoms with Crippen LogP contribution in [0.3, 0.4) is 0 Å². The molecule has 2 N–H and O–H groups in total. The Bertz CT molecular complexity index is 808. The van der Waals surface area contributed by atoms with E-state index in [0.29, 0.717) is 23.5 Å². The molecule has 0 aliphatic rings. The fourth-order valence-electron chi connectivity index (χ4n) is 2.27. The first-order chi connectivity index (χ1) is 10.2. The molecular formula is C16H15N3O2. The van der Waals surface area contributed by atoms with Gasteiger partial charge >= 0.3 is 5.97 Å². The number of para-hydroxylation sites is 1. The number of hydrogen-bond acceptors (Lipinski definition) is 4. The number of fused-ring (bicyclic) bond motifs is 1. The van der Waals surface area contributed by atoms with Crippen LogP contribution in [0.15, 0.2) is 48.7 Å². The van der Waals surface area contributed by atoms with Crippen molar-refractivity contribution in [1.82, 2.24) is 9.78 Å².